The number of rotatable bonds is 7. The molecule has 0 unspecified atom stereocenters. The molecule has 0 saturated carbocycles. The van der Waals surface area contributed by atoms with Crippen molar-refractivity contribution in [3.05, 3.63) is 77.4 Å². The number of nitrogens with one attached hydrogen (secondary N) is 1. The van der Waals surface area contributed by atoms with Crippen molar-refractivity contribution in [3.8, 4) is 11.4 Å². The van der Waals surface area contributed by atoms with Crippen LogP contribution in [0.5, 0.6) is 0 Å². The minimum absolute atomic E-state index is 0.0463. The molecule has 0 atom stereocenters. The molecule has 0 fully saturated rings. The Balaban J connectivity index is 1.41. The summed E-state index contributed by atoms with van der Waals surface area (Å²) in [6.07, 6.45) is 0.361. The van der Waals surface area contributed by atoms with Crippen LogP contribution in [0.15, 0.2) is 59.8 Å². The fraction of sp³-hybridized carbons (Fsp3) is 0.250. The Hall–Kier alpha value is -3.39. The lowest BCUT2D eigenvalue weighted by Gasteiger charge is -2.11. The predicted molar refractivity (Wildman–Crippen MR) is 128 cm³/mol. The first-order chi connectivity index (χ1) is 15.5. The van der Waals surface area contributed by atoms with E-state index in [-0.39, 0.29) is 5.91 Å². The molecule has 0 bridgehead atoms. The number of aryl methyl sites for hydroxylation is 3. The van der Waals surface area contributed by atoms with Crippen LogP contribution in [0.1, 0.15) is 29.2 Å². The van der Waals surface area contributed by atoms with Crippen molar-refractivity contribution in [2.75, 3.05) is 11.1 Å². The molecule has 7 nitrogen and oxygen atoms in total. The Kier molecular flexibility index (Phi) is 6.41. The Labute approximate surface area is 191 Å². The molecule has 0 spiro atoms. The van der Waals surface area contributed by atoms with Gasteiger partial charge in [0.1, 0.15) is 5.82 Å². The summed E-state index contributed by atoms with van der Waals surface area (Å²) in [7, 11) is 0. The highest BCUT2D eigenvalue weighted by molar-refractivity contribution is 7.99. The number of anilines is 1. The summed E-state index contributed by atoms with van der Waals surface area (Å²) in [5, 5.41) is 17.0. The Morgan fingerprint density at radius 3 is 2.44 bits per heavy atom. The van der Waals surface area contributed by atoms with E-state index in [1.165, 1.54) is 11.8 Å². The van der Waals surface area contributed by atoms with Crippen molar-refractivity contribution in [2.45, 2.75) is 39.3 Å². The molecule has 0 aliphatic rings. The van der Waals surface area contributed by atoms with E-state index in [0.717, 1.165) is 45.0 Å². The third-order valence-corrected chi connectivity index (χ3v) is 6.20. The van der Waals surface area contributed by atoms with Crippen LogP contribution in [0.25, 0.3) is 11.4 Å². The molecule has 2 aromatic carbocycles. The fourth-order valence-corrected chi connectivity index (χ4v) is 4.54. The third-order valence-electron chi connectivity index (χ3n) is 5.27. The molecule has 0 aliphatic carbocycles. The highest BCUT2D eigenvalue weighted by atomic mass is 32.2. The Morgan fingerprint density at radius 2 is 1.69 bits per heavy atom. The number of nitrogens with zero attached hydrogens (tertiary/aromatic N) is 5. The van der Waals surface area contributed by atoms with Gasteiger partial charge in [-0.3, -0.25) is 9.36 Å². The number of para-hydroxylation sites is 2. The second kappa shape index (κ2) is 9.40. The average Bonchev–Trinajstić information content (AvgIpc) is 3.29. The summed E-state index contributed by atoms with van der Waals surface area (Å²) in [6.45, 7) is 7.87. The second-order valence-electron chi connectivity index (χ2n) is 7.59. The fourth-order valence-electron chi connectivity index (χ4n) is 3.61. The zero-order valence-electron chi connectivity index (χ0n) is 18.7. The molecular weight excluding hydrogens is 420 g/mol. The van der Waals surface area contributed by atoms with Gasteiger partial charge in [-0.2, -0.15) is 5.10 Å². The smallest absolute Gasteiger partial charge is 0.225 e. The maximum Gasteiger partial charge on any atom is 0.225 e. The number of benzene rings is 2. The van der Waals surface area contributed by atoms with Crippen LogP contribution in [0, 0.1) is 27.7 Å². The number of amides is 1. The lowest BCUT2D eigenvalue weighted by Crippen LogP contribution is -2.13. The topological polar surface area (TPSA) is 77.6 Å². The number of hydrogen-bond acceptors (Lipinski definition) is 5. The van der Waals surface area contributed by atoms with Crippen molar-refractivity contribution in [1.29, 1.82) is 0 Å². The molecule has 8 heteroatoms. The van der Waals surface area contributed by atoms with Gasteiger partial charge in [-0.05, 0) is 51.5 Å². The van der Waals surface area contributed by atoms with Crippen LogP contribution < -0.4 is 5.32 Å². The highest BCUT2D eigenvalue weighted by Crippen LogP contribution is 2.26. The number of aromatic nitrogens is 5. The van der Waals surface area contributed by atoms with E-state index in [1.807, 2.05) is 72.5 Å². The maximum atomic E-state index is 12.7. The van der Waals surface area contributed by atoms with Gasteiger partial charge in [-0.25, -0.2) is 4.68 Å². The largest absolute Gasteiger partial charge is 0.323 e. The Bertz CT molecular complexity index is 1240. The van der Waals surface area contributed by atoms with Crippen molar-refractivity contribution in [3.63, 3.8) is 0 Å². The molecule has 164 valence electrons. The summed E-state index contributed by atoms with van der Waals surface area (Å²) in [6, 6.07) is 18.0. The van der Waals surface area contributed by atoms with E-state index in [9.17, 15) is 4.79 Å². The number of carbonyl (C=O) groups is 1. The lowest BCUT2D eigenvalue weighted by molar-refractivity contribution is -0.115. The third kappa shape index (κ3) is 4.45. The van der Waals surface area contributed by atoms with Crippen molar-refractivity contribution >= 4 is 23.4 Å². The van der Waals surface area contributed by atoms with Crippen molar-refractivity contribution < 1.29 is 4.79 Å². The minimum atomic E-state index is -0.0463. The molecule has 4 aromatic rings. The highest BCUT2D eigenvalue weighted by Gasteiger charge is 2.17. The average molecular weight is 447 g/mol. The Morgan fingerprint density at radius 1 is 0.969 bits per heavy atom. The molecule has 0 radical (unpaired) electrons. The van der Waals surface area contributed by atoms with Gasteiger partial charge in [0.25, 0.3) is 0 Å². The lowest BCUT2D eigenvalue weighted by atomic mass is 10.2. The zero-order chi connectivity index (χ0) is 22.7. The van der Waals surface area contributed by atoms with E-state index in [2.05, 4.69) is 39.7 Å². The number of carbonyl (C=O) groups excluding carboxylic acids is 1. The van der Waals surface area contributed by atoms with Gasteiger partial charge in [0.05, 0.1) is 28.5 Å². The summed E-state index contributed by atoms with van der Waals surface area (Å²) in [5.41, 5.74) is 5.64. The van der Waals surface area contributed by atoms with E-state index >= 15 is 0 Å². The van der Waals surface area contributed by atoms with Crippen LogP contribution in [-0.4, -0.2) is 36.2 Å². The van der Waals surface area contributed by atoms with Gasteiger partial charge >= 0.3 is 0 Å². The maximum absolute atomic E-state index is 12.7. The first-order valence-electron chi connectivity index (χ1n) is 10.5. The van der Waals surface area contributed by atoms with E-state index in [1.54, 1.807) is 0 Å². The molecular formula is C24H26N6OS. The SMILES string of the molecule is Cc1ccccc1-n1c(C)nnc1SCCC(=O)Nc1c(C)nn(-c2ccccc2)c1C. The first kappa shape index (κ1) is 21.8. The van der Waals surface area contributed by atoms with Crippen molar-refractivity contribution in [2.24, 2.45) is 0 Å². The number of thioether (sulfide) groups is 1. The number of hydrogen-bond donors (Lipinski definition) is 1. The standard InChI is InChI=1S/C24H26N6OS/c1-16-10-8-9-13-21(16)29-19(4)26-27-24(29)32-15-14-22(31)25-23-17(2)28-30(18(23)3)20-11-6-5-7-12-20/h5-13H,14-15H2,1-4H3,(H,25,31). The summed E-state index contributed by atoms with van der Waals surface area (Å²) in [4.78, 5) is 12.7. The molecule has 1 amide bonds. The second-order valence-corrected chi connectivity index (χ2v) is 8.65. The molecule has 0 saturated heterocycles. The molecule has 4 rings (SSSR count). The van der Waals surface area contributed by atoms with Crippen LogP contribution in [0.3, 0.4) is 0 Å². The normalized spacial score (nSPS) is 11.0. The van der Waals surface area contributed by atoms with Gasteiger partial charge < -0.3 is 5.32 Å². The molecule has 2 aromatic heterocycles. The van der Waals surface area contributed by atoms with Crippen LogP contribution in [0.4, 0.5) is 5.69 Å². The molecule has 1 N–H and O–H groups in total. The summed E-state index contributed by atoms with van der Waals surface area (Å²) < 4.78 is 3.89. The van der Waals surface area contributed by atoms with E-state index in [0.29, 0.717) is 12.2 Å². The van der Waals surface area contributed by atoms with Crippen LogP contribution in [0.2, 0.25) is 0 Å². The van der Waals surface area contributed by atoms with Gasteiger partial charge in [-0.15, -0.1) is 10.2 Å². The molecule has 32 heavy (non-hydrogen) atoms. The zero-order valence-corrected chi connectivity index (χ0v) is 19.5. The van der Waals surface area contributed by atoms with Gasteiger partial charge in [0, 0.05) is 12.2 Å². The predicted octanol–water partition coefficient (Wildman–Crippen LogP) is 4.81. The van der Waals surface area contributed by atoms with Crippen molar-refractivity contribution in [1.82, 2.24) is 24.5 Å². The minimum Gasteiger partial charge on any atom is -0.323 e. The molecule has 2 heterocycles. The van der Waals surface area contributed by atoms with Gasteiger partial charge in [0.15, 0.2) is 5.16 Å². The van der Waals surface area contributed by atoms with Gasteiger partial charge in [-0.1, -0.05) is 48.2 Å². The van der Waals surface area contributed by atoms with E-state index < -0.39 is 0 Å². The van der Waals surface area contributed by atoms with Crippen LogP contribution >= 0.6 is 11.8 Å². The summed E-state index contributed by atoms with van der Waals surface area (Å²) >= 11 is 1.53. The summed E-state index contributed by atoms with van der Waals surface area (Å²) in [5.74, 6) is 1.38. The first-order valence-corrected chi connectivity index (χ1v) is 11.5. The quantitative estimate of drug-likeness (QED) is 0.412. The monoisotopic (exact) mass is 446 g/mol. The van der Waals surface area contributed by atoms with Gasteiger partial charge in [0.2, 0.25) is 5.91 Å². The van der Waals surface area contributed by atoms with Crippen LogP contribution in [-0.2, 0) is 4.79 Å². The molecule has 0 aliphatic heterocycles. The van der Waals surface area contributed by atoms with E-state index in [4.69, 9.17) is 0 Å².